The van der Waals surface area contributed by atoms with Gasteiger partial charge in [-0.3, -0.25) is 0 Å². The average Bonchev–Trinajstić information content (AvgIpc) is 2.18. The quantitative estimate of drug-likeness (QED) is 0.231. The Morgan fingerprint density at radius 3 is 1.67 bits per heavy atom. The second-order valence-electron chi connectivity index (χ2n) is 4.28. The average molecular weight is 298 g/mol. The Hall–Kier alpha value is -0.273. The zero-order valence-electron chi connectivity index (χ0n) is 9.88. The molecule has 1 atom stereocenters. The van der Waals surface area contributed by atoms with Gasteiger partial charge in [0.05, 0.1) is 0 Å². The molecule has 0 saturated carbocycles. The van der Waals surface area contributed by atoms with Crippen LogP contribution in [0.3, 0.4) is 0 Å². The highest BCUT2D eigenvalue weighted by molar-refractivity contribution is 6.59. The van der Waals surface area contributed by atoms with Crippen LogP contribution in [0.5, 0.6) is 0 Å². The summed E-state index contributed by atoms with van der Waals surface area (Å²) in [5.74, 6) is -2.65. The van der Waals surface area contributed by atoms with Crippen molar-refractivity contribution in [2.24, 2.45) is 0 Å². The van der Waals surface area contributed by atoms with Gasteiger partial charge in [-0.15, -0.1) is 0 Å². The van der Waals surface area contributed by atoms with E-state index in [0.717, 1.165) is 0 Å². The molecule has 0 aromatic carbocycles. The lowest BCUT2D eigenvalue weighted by Gasteiger charge is -2.08. The molecule has 18 heavy (non-hydrogen) atoms. The summed E-state index contributed by atoms with van der Waals surface area (Å²) >= 11 is 0. The van der Waals surface area contributed by atoms with Crippen molar-refractivity contribution in [3.8, 4) is 0 Å². The Morgan fingerprint density at radius 2 is 1.22 bits per heavy atom. The summed E-state index contributed by atoms with van der Waals surface area (Å²) in [7, 11) is -6.15. The van der Waals surface area contributed by atoms with E-state index in [1.807, 2.05) is 0 Å². The van der Waals surface area contributed by atoms with Crippen molar-refractivity contribution in [2.75, 3.05) is 0 Å². The van der Waals surface area contributed by atoms with Gasteiger partial charge in [0, 0.05) is 6.42 Å². The van der Waals surface area contributed by atoms with E-state index in [0.29, 0.717) is 25.7 Å². The first-order valence-corrected chi connectivity index (χ1v) is 7.61. The molecular weight excluding hydrogens is 281 g/mol. The molecule has 110 valence electrons. The molecule has 0 saturated heterocycles. The number of hydrogen-bond acceptors (Lipinski definition) is 0. The van der Waals surface area contributed by atoms with Gasteiger partial charge < -0.3 is 0 Å². The minimum atomic E-state index is -6.15. The lowest BCUT2D eigenvalue weighted by Crippen LogP contribution is -2.30. The molecule has 8 heteroatoms. The third kappa shape index (κ3) is 10.9. The van der Waals surface area contributed by atoms with Crippen LogP contribution < -0.4 is 0 Å². The van der Waals surface area contributed by atoms with E-state index in [1.54, 1.807) is 0 Å². The number of rotatable bonds is 9. The molecule has 0 N–H and O–H groups in total. The van der Waals surface area contributed by atoms with Gasteiger partial charge in [0.1, 0.15) is 0 Å². The SMILES string of the molecule is FC(CCCCCCCCC(F)(F)F)[Si](F)(F)F. The molecule has 0 rings (SSSR count). The highest BCUT2D eigenvalue weighted by Crippen LogP contribution is 2.24. The number of alkyl halides is 4. The topological polar surface area (TPSA) is 0 Å². The van der Waals surface area contributed by atoms with Crippen molar-refractivity contribution in [3.63, 3.8) is 0 Å². The van der Waals surface area contributed by atoms with Crippen molar-refractivity contribution in [1.82, 2.24) is 0 Å². The summed E-state index contributed by atoms with van der Waals surface area (Å²) in [5.41, 5.74) is 0. The summed E-state index contributed by atoms with van der Waals surface area (Å²) in [6, 6.07) is 0. The van der Waals surface area contributed by atoms with Crippen LogP contribution >= 0.6 is 0 Å². The first-order valence-electron chi connectivity index (χ1n) is 5.90. The van der Waals surface area contributed by atoms with Gasteiger partial charge in [-0.25, -0.2) is 16.7 Å². The van der Waals surface area contributed by atoms with Crippen LogP contribution in [-0.4, -0.2) is 21.0 Å². The lowest BCUT2D eigenvalue weighted by atomic mass is 10.1. The van der Waals surface area contributed by atoms with Crippen LogP contribution in [0.25, 0.3) is 0 Å². The van der Waals surface area contributed by atoms with E-state index in [2.05, 4.69) is 0 Å². The van der Waals surface area contributed by atoms with Crippen LogP contribution in [0.1, 0.15) is 51.4 Å². The summed E-state index contributed by atoms with van der Waals surface area (Å²) in [6.07, 6.45) is -3.31. The van der Waals surface area contributed by atoms with Crippen LogP contribution in [-0.2, 0) is 0 Å². The van der Waals surface area contributed by atoms with Gasteiger partial charge in [0.25, 0.3) is 0 Å². The highest BCUT2D eigenvalue weighted by Gasteiger charge is 2.47. The van der Waals surface area contributed by atoms with E-state index in [4.69, 9.17) is 0 Å². The van der Waals surface area contributed by atoms with Gasteiger partial charge in [-0.05, 0) is 12.8 Å². The van der Waals surface area contributed by atoms with E-state index in [9.17, 15) is 29.9 Å². The molecule has 0 aromatic rings. The summed E-state index contributed by atoms with van der Waals surface area (Å²) in [6.45, 7) is 0. The largest absolute Gasteiger partial charge is 0.652 e. The summed E-state index contributed by atoms with van der Waals surface area (Å²) in [4.78, 5) is 0. The van der Waals surface area contributed by atoms with E-state index in [1.165, 1.54) is 0 Å². The smallest absolute Gasteiger partial charge is 0.242 e. The second-order valence-corrected chi connectivity index (χ2v) is 5.99. The molecule has 0 spiro atoms. The maximum absolute atomic E-state index is 12.5. The van der Waals surface area contributed by atoms with Crippen molar-refractivity contribution in [3.05, 3.63) is 0 Å². The molecular formula is C10H17F7Si. The van der Waals surface area contributed by atoms with Gasteiger partial charge in [0.2, 0.25) is 0 Å². The minimum absolute atomic E-state index is 0.0463. The molecule has 0 nitrogen and oxygen atoms in total. The maximum atomic E-state index is 12.5. The Bertz CT molecular complexity index is 211. The van der Waals surface area contributed by atoms with Gasteiger partial charge in [-0.1, -0.05) is 32.1 Å². The maximum Gasteiger partial charge on any atom is 0.652 e. The number of halogens is 7. The molecule has 0 aliphatic rings. The van der Waals surface area contributed by atoms with E-state index in [-0.39, 0.29) is 12.8 Å². The fourth-order valence-corrected chi connectivity index (χ4v) is 2.05. The lowest BCUT2D eigenvalue weighted by molar-refractivity contribution is -0.135. The molecule has 0 aliphatic carbocycles. The molecule has 0 radical (unpaired) electrons. The molecule has 0 amide bonds. The summed E-state index contributed by atoms with van der Waals surface area (Å²) < 4.78 is 83.4. The molecule has 0 aromatic heterocycles. The molecule has 0 bridgehead atoms. The Balaban J connectivity index is 3.32. The zero-order chi connectivity index (χ0) is 14.2. The van der Waals surface area contributed by atoms with Crippen molar-refractivity contribution >= 4 is 9.08 Å². The third-order valence-electron chi connectivity index (χ3n) is 2.52. The molecule has 0 fully saturated rings. The van der Waals surface area contributed by atoms with E-state index < -0.39 is 33.9 Å². The second kappa shape index (κ2) is 8.01. The molecule has 0 aliphatic heterocycles. The zero-order valence-corrected chi connectivity index (χ0v) is 10.9. The number of hydrogen-bond donors (Lipinski definition) is 0. The standard InChI is InChI=1S/C10H17F7Si/c11-9(18(15,16)17)7-5-3-1-2-4-6-8-10(12,13)14/h9H,1-8H2. The first kappa shape index (κ1) is 17.7. The third-order valence-corrected chi connectivity index (χ3v) is 3.52. The van der Waals surface area contributed by atoms with Gasteiger partial charge in [-0.2, -0.15) is 13.2 Å². The van der Waals surface area contributed by atoms with Crippen molar-refractivity contribution in [2.45, 2.75) is 63.3 Å². The number of unbranched alkanes of at least 4 members (excludes halogenated alkanes) is 5. The Kier molecular flexibility index (Phi) is 7.89. The summed E-state index contributed by atoms with van der Waals surface area (Å²) in [5, 5.41) is 0. The van der Waals surface area contributed by atoms with Gasteiger partial charge >= 0.3 is 15.3 Å². The van der Waals surface area contributed by atoms with Crippen LogP contribution in [0, 0.1) is 0 Å². The Morgan fingerprint density at radius 1 is 0.778 bits per heavy atom. The van der Waals surface area contributed by atoms with Crippen molar-refractivity contribution < 1.29 is 29.9 Å². The predicted octanol–water partition coefficient (Wildman–Crippen LogP) is 5.39. The van der Waals surface area contributed by atoms with Crippen LogP contribution in [0.15, 0.2) is 0 Å². The fourth-order valence-electron chi connectivity index (χ4n) is 1.52. The van der Waals surface area contributed by atoms with Crippen LogP contribution in [0.2, 0.25) is 0 Å². The van der Waals surface area contributed by atoms with E-state index >= 15 is 0 Å². The highest BCUT2D eigenvalue weighted by atomic mass is 28.5. The minimum Gasteiger partial charge on any atom is -0.242 e. The van der Waals surface area contributed by atoms with Crippen molar-refractivity contribution in [1.29, 1.82) is 0 Å². The molecule has 0 heterocycles. The fraction of sp³-hybridized carbons (Fsp3) is 1.00. The predicted molar refractivity (Wildman–Crippen MR) is 57.0 cm³/mol. The first-order chi connectivity index (χ1) is 8.13. The molecule has 1 unspecified atom stereocenters. The van der Waals surface area contributed by atoms with Crippen LogP contribution in [0.4, 0.5) is 29.9 Å². The van der Waals surface area contributed by atoms with Gasteiger partial charge in [0.15, 0.2) is 5.79 Å². The normalized spacial score (nSPS) is 14.8. The Labute approximate surface area is 103 Å². The monoisotopic (exact) mass is 298 g/mol.